The predicted molar refractivity (Wildman–Crippen MR) is 74.6 cm³/mol. The van der Waals surface area contributed by atoms with Crippen LogP contribution in [0, 0.1) is 30.0 Å². The molecule has 0 bridgehead atoms. The van der Waals surface area contributed by atoms with Crippen LogP contribution in [0.3, 0.4) is 0 Å². The van der Waals surface area contributed by atoms with Gasteiger partial charge in [-0.2, -0.15) is 5.26 Å². The minimum absolute atomic E-state index is 0.293. The van der Waals surface area contributed by atoms with Crippen molar-refractivity contribution >= 4 is 5.91 Å². The molecule has 0 heterocycles. The Labute approximate surface area is 118 Å². The molecule has 3 nitrogen and oxygen atoms in total. The number of rotatable bonds is 2. The molecule has 2 unspecified atom stereocenters. The van der Waals surface area contributed by atoms with E-state index in [-0.39, 0.29) is 11.7 Å². The van der Waals surface area contributed by atoms with E-state index in [2.05, 4.69) is 18.3 Å². The third-order valence-electron chi connectivity index (χ3n) is 4.00. The van der Waals surface area contributed by atoms with Crippen LogP contribution < -0.4 is 5.32 Å². The maximum Gasteiger partial charge on any atom is 0.252 e. The Hall–Kier alpha value is -1.89. The molecule has 0 aromatic heterocycles. The van der Waals surface area contributed by atoms with Gasteiger partial charge in [-0.05, 0) is 55.9 Å². The average Bonchev–Trinajstić information content (AvgIpc) is 2.38. The molecular formula is C16H19FN2O. The van der Waals surface area contributed by atoms with Crippen molar-refractivity contribution in [1.29, 1.82) is 5.26 Å². The number of carbonyl (C=O) groups excluding carboxylic acids is 1. The Morgan fingerprint density at radius 2 is 2.30 bits per heavy atom. The van der Waals surface area contributed by atoms with Gasteiger partial charge in [0.15, 0.2) is 0 Å². The molecule has 1 aromatic rings. The Balaban J connectivity index is 2.19. The van der Waals surface area contributed by atoms with E-state index in [9.17, 15) is 14.4 Å². The first kappa shape index (κ1) is 14.5. The molecule has 2 atom stereocenters. The van der Waals surface area contributed by atoms with Gasteiger partial charge in [0.1, 0.15) is 11.4 Å². The molecule has 1 fully saturated rings. The van der Waals surface area contributed by atoms with Crippen molar-refractivity contribution in [2.45, 2.75) is 45.1 Å². The highest BCUT2D eigenvalue weighted by Gasteiger charge is 2.36. The first-order valence-electron chi connectivity index (χ1n) is 6.96. The molecule has 0 radical (unpaired) electrons. The van der Waals surface area contributed by atoms with E-state index in [0.717, 1.165) is 12.8 Å². The summed E-state index contributed by atoms with van der Waals surface area (Å²) in [6.07, 6.45) is 3.39. The minimum atomic E-state index is -0.782. The second-order valence-electron chi connectivity index (χ2n) is 5.81. The molecule has 0 aliphatic heterocycles. The third-order valence-corrected chi connectivity index (χ3v) is 4.00. The number of hydrogen-bond donors (Lipinski definition) is 1. The number of aryl methyl sites for hydroxylation is 1. The second-order valence-corrected chi connectivity index (χ2v) is 5.81. The van der Waals surface area contributed by atoms with Gasteiger partial charge < -0.3 is 5.32 Å². The smallest absolute Gasteiger partial charge is 0.252 e. The van der Waals surface area contributed by atoms with Crippen LogP contribution in [0.25, 0.3) is 0 Å². The quantitative estimate of drug-likeness (QED) is 0.899. The van der Waals surface area contributed by atoms with E-state index in [4.69, 9.17) is 0 Å². The Kier molecular flexibility index (Phi) is 4.08. The van der Waals surface area contributed by atoms with Crippen molar-refractivity contribution in [1.82, 2.24) is 5.32 Å². The fraction of sp³-hybridized carbons (Fsp3) is 0.500. The molecule has 20 heavy (non-hydrogen) atoms. The number of nitrogens with zero attached hydrogens (tertiary/aromatic N) is 1. The van der Waals surface area contributed by atoms with Gasteiger partial charge in [-0.15, -0.1) is 0 Å². The van der Waals surface area contributed by atoms with Crippen LogP contribution in [0.4, 0.5) is 4.39 Å². The highest BCUT2D eigenvalue weighted by molar-refractivity contribution is 5.96. The summed E-state index contributed by atoms with van der Waals surface area (Å²) in [5, 5.41) is 12.3. The molecule has 2 rings (SSSR count). The molecule has 1 aliphatic carbocycles. The van der Waals surface area contributed by atoms with Gasteiger partial charge in [0.25, 0.3) is 5.91 Å². The Bertz CT molecular complexity index is 564. The highest BCUT2D eigenvalue weighted by atomic mass is 19.1. The van der Waals surface area contributed by atoms with Crippen molar-refractivity contribution in [3.8, 4) is 6.07 Å². The summed E-state index contributed by atoms with van der Waals surface area (Å²) in [4.78, 5) is 12.3. The number of carbonyl (C=O) groups is 1. The molecule has 0 spiro atoms. The van der Waals surface area contributed by atoms with E-state index < -0.39 is 5.54 Å². The molecule has 4 heteroatoms. The van der Waals surface area contributed by atoms with Crippen molar-refractivity contribution in [3.05, 3.63) is 35.1 Å². The van der Waals surface area contributed by atoms with Gasteiger partial charge in [-0.25, -0.2) is 4.39 Å². The Morgan fingerprint density at radius 3 is 2.90 bits per heavy atom. The van der Waals surface area contributed by atoms with Gasteiger partial charge in [0.2, 0.25) is 0 Å². The summed E-state index contributed by atoms with van der Waals surface area (Å²) in [7, 11) is 0. The van der Waals surface area contributed by atoms with E-state index in [1.807, 2.05) is 0 Å². The summed E-state index contributed by atoms with van der Waals surface area (Å²) in [6.45, 7) is 3.79. The number of nitrogens with one attached hydrogen (secondary N) is 1. The first-order chi connectivity index (χ1) is 9.46. The van der Waals surface area contributed by atoms with Gasteiger partial charge in [-0.1, -0.05) is 13.3 Å². The molecule has 1 amide bonds. The second kappa shape index (κ2) is 5.62. The van der Waals surface area contributed by atoms with Crippen molar-refractivity contribution < 1.29 is 9.18 Å². The molecule has 0 saturated heterocycles. The fourth-order valence-electron chi connectivity index (χ4n) is 2.96. The van der Waals surface area contributed by atoms with Gasteiger partial charge in [0.05, 0.1) is 6.07 Å². The normalized spacial score (nSPS) is 25.8. The lowest BCUT2D eigenvalue weighted by molar-refractivity contribution is 0.0890. The Morgan fingerprint density at radius 1 is 1.55 bits per heavy atom. The molecule has 1 aliphatic rings. The molecular weight excluding hydrogens is 255 g/mol. The van der Waals surface area contributed by atoms with Crippen LogP contribution in [0.15, 0.2) is 18.2 Å². The maximum absolute atomic E-state index is 13.1. The van der Waals surface area contributed by atoms with E-state index in [1.54, 1.807) is 6.92 Å². The minimum Gasteiger partial charge on any atom is -0.334 e. The average molecular weight is 274 g/mol. The SMILES string of the molecule is Cc1cc(F)ccc1C(=O)NC1(C#N)CCCC(C)C1. The monoisotopic (exact) mass is 274 g/mol. The molecule has 1 N–H and O–H groups in total. The lowest BCUT2D eigenvalue weighted by Gasteiger charge is -2.35. The number of nitriles is 1. The topological polar surface area (TPSA) is 52.9 Å². The molecule has 106 valence electrons. The molecule has 1 aromatic carbocycles. The van der Waals surface area contributed by atoms with Crippen molar-refractivity contribution in [2.75, 3.05) is 0 Å². The molecule has 1 saturated carbocycles. The largest absolute Gasteiger partial charge is 0.334 e. The summed E-state index contributed by atoms with van der Waals surface area (Å²) in [6, 6.07) is 6.34. The van der Waals surface area contributed by atoms with E-state index in [1.165, 1.54) is 18.2 Å². The standard InChI is InChI=1S/C16H19FN2O/c1-11-4-3-7-16(9-11,10-18)19-15(20)14-6-5-13(17)8-12(14)2/h5-6,8,11H,3-4,7,9H2,1-2H3,(H,19,20). The van der Waals surface area contributed by atoms with Crippen LogP contribution in [0.5, 0.6) is 0 Å². The van der Waals surface area contributed by atoms with E-state index >= 15 is 0 Å². The first-order valence-corrected chi connectivity index (χ1v) is 6.96. The summed E-state index contributed by atoms with van der Waals surface area (Å²) in [5.74, 6) is -0.225. The van der Waals surface area contributed by atoms with Crippen molar-refractivity contribution in [3.63, 3.8) is 0 Å². The summed E-state index contributed by atoms with van der Waals surface area (Å²) in [5.41, 5.74) is 0.231. The predicted octanol–water partition coefficient (Wildman–Crippen LogP) is 3.34. The zero-order chi connectivity index (χ0) is 14.8. The number of amides is 1. The van der Waals surface area contributed by atoms with Crippen LogP contribution in [-0.2, 0) is 0 Å². The van der Waals surface area contributed by atoms with Crippen LogP contribution >= 0.6 is 0 Å². The fourth-order valence-corrected chi connectivity index (χ4v) is 2.96. The highest BCUT2D eigenvalue weighted by Crippen LogP contribution is 2.32. The van der Waals surface area contributed by atoms with Gasteiger partial charge >= 0.3 is 0 Å². The lowest BCUT2D eigenvalue weighted by Crippen LogP contribution is -2.50. The zero-order valence-corrected chi connectivity index (χ0v) is 11.9. The summed E-state index contributed by atoms with van der Waals surface area (Å²) >= 11 is 0. The maximum atomic E-state index is 13.1. The number of halogens is 1. The number of hydrogen-bond acceptors (Lipinski definition) is 2. The van der Waals surface area contributed by atoms with E-state index in [0.29, 0.717) is 29.9 Å². The zero-order valence-electron chi connectivity index (χ0n) is 11.9. The van der Waals surface area contributed by atoms with Crippen LogP contribution in [0.2, 0.25) is 0 Å². The number of benzene rings is 1. The lowest BCUT2D eigenvalue weighted by atomic mass is 9.77. The van der Waals surface area contributed by atoms with Gasteiger partial charge in [-0.3, -0.25) is 4.79 Å². The van der Waals surface area contributed by atoms with Gasteiger partial charge in [0, 0.05) is 5.56 Å². The van der Waals surface area contributed by atoms with Crippen molar-refractivity contribution in [2.24, 2.45) is 5.92 Å². The third kappa shape index (κ3) is 2.98. The summed E-state index contributed by atoms with van der Waals surface area (Å²) < 4.78 is 13.1. The van der Waals surface area contributed by atoms with Crippen LogP contribution in [-0.4, -0.2) is 11.4 Å². The van der Waals surface area contributed by atoms with Crippen LogP contribution in [0.1, 0.15) is 48.5 Å².